The van der Waals surface area contributed by atoms with Gasteiger partial charge in [-0.25, -0.2) is 9.37 Å². The standard InChI is InChI=1S/C15H19FN4O3/c1-10-5-11(6-13(19-10)14(17)20-21)12-7-15(16,9-18-8-12)23-4-3-22-2/h5-6,8-9,21H,3-4,7H2,1-2H3,(H2,17,20). The maximum Gasteiger partial charge on any atom is 0.249 e. The summed E-state index contributed by atoms with van der Waals surface area (Å²) in [6.07, 6.45) is 2.69. The van der Waals surface area contributed by atoms with E-state index < -0.39 is 5.85 Å². The molecule has 124 valence electrons. The van der Waals surface area contributed by atoms with Gasteiger partial charge in [-0.05, 0) is 30.2 Å². The number of pyridine rings is 1. The van der Waals surface area contributed by atoms with Crippen LogP contribution in [0, 0.1) is 6.92 Å². The molecule has 8 heteroatoms. The number of hydrogen-bond acceptors (Lipinski definition) is 6. The number of alkyl halides is 1. The molecule has 1 aliphatic rings. The summed E-state index contributed by atoms with van der Waals surface area (Å²) < 4.78 is 24.7. The van der Waals surface area contributed by atoms with Crippen molar-refractivity contribution in [1.29, 1.82) is 0 Å². The van der Waals surface area contributed by atoms with Gasteiger partial charge in [0.15, 0.2) is 5.84 Å². The number of nitrogens with zero attached hydrogens (tertiary/aromatic N) is 3. The van der Waals surface area contributed by atoms with Crippen LogP contribution in [0.3, 0.4) is 0 Å². The van der Waals surface area contributed by atoms with Gasteiger partial charge in [0, 0.05) is 25.4 Å². The quantitative estimate of drug-likeness (QED) is 0.272. The molecule has 3 N–H and O–H groups in total. The molecule has 1 aromatic rings. The van der Waals surface area contributed by atoms with Crippen LogP contribution in [-0.4, -0.2) is 48.4 Å². The molecule has 7 nitrogen and oxygen atoms in total. The fourth-order valence-electron chi connectivity index (χ4n) is 2.19. The van der Waals surface area contributed by atoms with Crippen LogP contribution in [-0.2, 0) is 9.47 Å². The summed E-state index contributed by atoms with van der Waals surface area (Å²) in [7, 11) is 1.52. The summed E-state index contributed by atoms with van der Waals surface area (Å²) in [5.41, 5.74) is 7.85. The molecule has 1 unspecified atom stereocenters. The van der Waals surface area contributed by atoms with Crippen LogP contribution in [0.1, 0.15) is 23.4 Å². The van der Waals surface area contributed by atoms with Gasteiger partial charge in [-0.2, -0.15) is 0 Å². The SMILES string of the molecule is COCCOC1(F)C=NC=C(c2cc(C)nc(C(N)=NO)c2)C1. The van der Waals surface area contributed by atoms with Crippen molar-refractivity contribution in [1.82, 2.24) is 4.98 Å². The number of hydrogen-bond donors (Lipinski definition) is 2. The molecule has 2 heterocycles. The highest BCUT2D eigenvalue weighted by Crippen LogP contribution is 2.31. The van der Waals surface area contributed by atoms with E-state index in [4.69, 9.17) is 20.4 Å². The first-order valence-electron chi connectivity index (χ1n) is 6.99. The summed E-state index contributed by atoms with van der Waals surface area (Å²) in [5, 5.41) is 11.7. The van der Waals surface area contributed by atoms with Crippen molar-refractivity contribution in [2.24, 2.45) is 15.9 Å². The first-order valence-corrected chi connectivity index (χ1v) is 6.99. The molecule has 0 aliphatic carbocycles. The van der Waals surface area contributed by atoms with Gasteiger partial charge in [0.1, 0.15) is 5.69 Å². The Bertz CT molecular complexity index is 660. The zero-order valence-corrected chi connectivity index (χ0v) is 13.0. The molecule has 0 spiro atoms. The third-order valence-corrected chi connectivity index (χ3v) is 3.25. The highest BCUT2D eigenvalue weighted by atomic mass is 19.2. The summed E-state index contributed by atoms with van der Waals surface area (Å²) in [4.78, 5) is 8.11. The zero-order chi connectivity index (χ0) is 16.9. The van der Waals surface area contributed by atoms with Crippen LogP contribution < -0.4 is 5.73 Å². The van der Waals surface area contributed by atoms with E-state index in [1.54, 1.807) is 25.3 Å². The molecule has 0 fully saturated rings. The first kappa shape index (κ1) is 17.0. The average molecular weight is 322 g/mol. The number of halogens is 1. The van der Waals surface area contributed by atoms with Gasteiger partial charge in [-0.15, -0.1) is 0 Å². The summed E-state index contributed by atoms with van der Waals surface area (Å²) in [6.45, 7) is 2.18. The van der Waals surface area contributed by atoms with Crippen LogP contribution in [0.2, 0.25) is 0 Å². The number of nitrogens with two attached hydrogens (primary N) is 1. The molecule has 0 bridgehead atoms. The highest BCUT2D eigenvalue weighted by Gasteiger charge is 2.32. The molecule has 0 radical (unpaired) electrons. The third kappa shape index (κ3) is 4.33. The minimum atomic E-state index is -1.99. The Labute approximate surface area is 133 Å². The Morgan fingerprint density at radius 2 is 2.26 bits per heavy atom. The molecule has 1 aromatic heterocycles. The molecule has 1 aliphatic heterocycles. The van der Waals surface area contributed by atoms with E-state index in [0.717, 1.165) is 6.21 Å². The Morgan fingerprint density at radius 1 is 1.48 bits per heavy atom. The molecule has 0 amide bonds. The lowest BCUT2D eigenvalue weighted by molar-refractivity contribution is -0.0946. The van der Waals surface area contributed by atoms with Crippen molar-refractivity contribution >= 4 is 17.6 Å². The monoisotopic (exact) mass is 322 g/mol. The second-order valence-electron chi connectivity index (χ2n) is 5.10. The van der Waals surface area contributed by atoms with Crippen LogP contribution in [0.4, 0.5) is 4.39 Å². The van der Waals surface area contributed by atoms with Gasteiger partial charge in [0.25, 0.3) is 0 Å². The van der Waals surface area contributed by atoms with Crippen molar-refractivity contribution in [2.75, 3.05) is 20.3 Å². The number of amidine groups is 1. The predicted octanol–water partition coefficient (Wildman–Crippen LogP) is 1.63. The van der Waals surface area contributed by atoms with E-state index in [9.17, 15) is 4.39 Å². The van der Waals surface area contributed by atoms with E-state index in [0.29, 0.717) is 29.1 Å². The van der Waals surface area contributed by atoms with E-state index in [1.807, 2.05) is 0 Å². The topological polar surface area (TPSA) is 102 Å². The van der Waals surface area contributed by atoms with Crippen molar-refractivity contribution in [3.8, 4) is 0 Å². The number of ether oxygens (including phenoxy) is 2. The van der Waals surface area contributed by atoms with Gasteiger partial charge in [-0.1, -0.05) is 5.16 Å². The molecule has 0 aromatic carbocycles. The van der Waals surface area contributed by atoms with Crippen LogP contribution in [0.15, 0.2) is 28.5 Å². The van der Waals surface area contributed by atoms with Gasteiger partial charge < -0.3 is 20.4 Å². The third-order valence-electron chi connectivity index (χ3n) is 3.25. The molecular weight excluding hydrogens is 303 g/mol. The van der Waals surface area contributed by atoms with E-state index in [2.05, 4.69) is 15.1 Å². The number of oxime groups is 1. The number of aromatic nitrogens is 1. The zero-order valence-electron chi connectivity index (χ0n) is 13.0. The van der Waals surface area contributed by atoms with E-state index >= 15 is 0 Å². The van der Waals surface area contributed by atoms with Crippen molar-refractivity contribution in [3.63, 3.8) is 0 Å². The minimum Gasteiger partial charge on any atom is -0.409 e. The average Bonchev–Trinajstić information content (AvgIpc) is 2.53. The first-order chi connectivity index (χ1) is 11.0. The highest BCUT2D eigenvalue weighted by molar-refractivity contribution is 5.96. The minimum absolute atomic E-state index is 0.000714. The van der Waals surface area contributed by atoms with Crippen LogP contribution in [0.25, 0.3) is 5.57 Å². The van der Waals surface area contributed by atoms with Crippen LogP contribution in [0.5, 0.6) is 0 Å². The molecule has 0 saturated heterocycles. The van der Waals surface area contributed by atoms with Gasteiger partial charge in [0.05, 0.1) is 19.4 Å². The largest absolute Gasteiger partial charge is 0.409 e. The Morgan fingerprint density at radius 3 is 2.96 bits per heavy atom. The number of methoxy groups -OCH3 is 1. The normalized spacial score (nSPS) is 21.3. The molecule has 1 atom stereocenters. The fourth-order valence-corrected chi connectivity index (χ4v) is 2.19. The predicted molar refractivity (Wildman–Crippen MR) is 84.2 cm³/mol. The van der Waals surface area contributed by atoms with Gasteiger partial charge >= 0.3 is 0 Å². The summed E-state index contributed by atoms with van der Waals surface area (Å²) in [5.74, 6) is -2.10. The lowest BCUT2D eigenvalue weighted by Gasteiger charge is -2.25. The summed E-state index contributed by atoms with van der Waals surface area (Å²) in [6, 6.07) is 3.39. The second-order valence-corrected chi connectivity index (χ2v) is 5.10. The molecule has 0 saturated carbocycles. The smallest absolute Gasteiger partial charge is 0.249 e. The number of rotatable bonds is 6. The van der Waals surface area contributed by atoms with Gasteiger partial charge in [0.2, 0.25) is 5.85 Å². The van der Waals surface area contributed by atoms with Crippen molar-refractivity contribution in [2.45, 2.75) is 19.2 Å². The van der Waals surface area contributed by atoms with E-state index in [-0.39, 0.29) is 18.9 Å². The Hall–Kier alpha value is -2.32. The molecule has 2 rings (SSSR count). The Balaban J connectivity index is 2.24. The second kappa shape index (κ2) is 7.30. The fraction of sp³-hybridized carbons (Fsp3) is 0.400. The maximum atomic E-state index is 14.7. The lowest BCUT2D eigenvalue weighted by atomic mass is 9.97. The number of aliphatic imine (C=N–C) groups is 1. The van der Waals surface area contributed by atoms with E-state index in [1.165, 1.54) is 7.11 Å². The van der Waals surface area contributed by atoms with Gasteiger partial charge in [-0.3, -0.25) is 4.99 Å². The van der Waals surface area contributed by atoms with Crippen molar-refractivity contribution < 1.29 is 19.1 Å². The molecule has 23 heavy (non-hydrogen) atoms. The summed E-state index contributed by atoms with van der Waals surface area (Å²) >= 11 is 0. The van der Waals surface area contributed by atoms with Crippen LogP contribution >= 0.6 is 0 Å². The maximum absolute atomic E-state index is 14.7. The number of aryl methyl sites for hydroxylation is 1. The Kier molecular flexibility index (Phi) is 5.41. The lowest BCUT2D eigenvalue weighted by Crippen LogP contribution is -2.32. The molecular formula is C15H19FN4O3. The van der Waals surface area contributed by atoms with Crippen molar-refractivity contribution in [3.05, 3.63) is 35.3 Å².